The molecule has 1 aromatic rings. The second-order valence-electron chi connectivity index (χ2n) is 3.65. The smallest absolute Gasteiger partial charge is 0.426 e. The first-order valence-electron chi connectivity index (χ1n) is 4.92. The van der Waals surface area contributed by atoms with Gasteiger partial charge in [0.2, 0.25) is 0 Å². The SMILES string of the molecule is O=C(CCc1ccc(O)cc1F)C(F)C(F)(F)F. The van der Waals surface area contributed by atoms with Gasteiger partial charge < -0.3 is 5.11 Å². The Hall–Kier alpha value is -1.66. The van der Waals surface area contributed by atoms with Gasteiger partial charge in [0, 0.05) is 12.5 Å². The zero-order valence-electron chi connectivity index (χ0n) is 8.97. The fraction of sp³-hybridized carbons (Fsp3) is 0.364. The Bertz CT molecular complexity index is 442. The molecule has 0 saturated carbocycles. The Morgan fingerprint density at radius 2 is 1.94 bits per heavy atom. The van der Waals surface area contributed by atoms with Crippen molar-refractivity contribution in [2.75, 3.05) is 0 Å². The van der Waals surface area contributed by atoms with Gasteiger partial charge in [0.05, 0.1) is 0 Å². The molecule has 0 aliphatic heterocycles. The van der Waals surface area contributed by atoms with Crippen LogP contribution in [0.5, 0.6) is 5.75 Å². The number of aromatic hydroxyl groups is 1. The molecule has 1 N–H and O–H groups in total. The number of phenolic OH excluding ortho intramolecular Hbond substituents is 1. The number of hydrogen-bond donors (Lipinski definition) is 1. The largest absolute Gasteiger partial charge is 0.508 e. The number of ketones is 1. The average molecular weight is 268 g/mol. The van der Waals surface area contributed by atoms with Crippen LogP contribution < -0.4 is 0 Å². The van der Waals surface area contributed by atoms with E-state index < -0.39 is 30.4 Å². The highest BCUT2D eigenvalue weighted by molar-refractivity contribution is 5.83. The monoisotopic (exact) mass is 268 g/mol. The lowest BCUT2D eigenvalue weighted by Gasteiger charge is -2.11. The van der Waals surface area contributed by atoms with Gasteiger partial charge in [0.1, 0.15) is 11.6 Å². The fourth-order valence-corrected chi connectivity index (χ4v) is 1.31. The molecule has 0 amide bonds. The number of halogens is 5. The topological polar surface area (TPSA) is 37.3 Å². The van der Waals surface area contributed by atoms with Gasteiger partial charge in [-0.1, -0.05) is 6.07 Å². The van der Waals surface area contributed by atoms with Crippen LogP contribution in [-0.4, -0.2) is 23.2 Å². The van der Waals surface area contributed by atoms with Crippen molar-refractivity contribution in [3.05, 3.63) is 29.6 Å². The van der Waals surface area contributed by atoms with Gasteiger partial charge in [-0.3, -0.25) is 4.79 Å². The quantitative estimate of drug-likeness (QED) is 0.852. The van der Waals surface area contributed by atoms with Crippen molar-refractivity contribution in [3.63, 3.8) is 0 Å². The lowest BCUT2D eigenvalue weighted by Crippen LogP contribution is -2.32. The zero-order chi connectivity index (χ0) is 13.9. The minimum Gasteiger partial charge on any atom is -0.508 e. The molecule has 0 heterocycles. The molecule has 1 unspecified atom stereocenters. The molecular formula is C11H9F5O2. The second kappa shape index (κ2) is 5.32. The van der Waals surface area contributed by atoms with Gasteiger partial charge in [-0.15, -0.1) is 0 Å². The third-order valence-electron chi connectivity index (χ3n) is 2.25. The van der Waals surface area contributed by atoms with Gasteiger partial charge in [-0.2, -0.15) is 13.2 Å². The first-order valence-corrected chi connectivity index (χ1v) is 4.92. The molecule has 0 radical (unpaired) electrons. The summed E-state index contributed by atoms with van der Waals surface area (Å²) in [6.45, 7) is 0. The number of carbonyl (C=O) groups is 1. The molecule has 2 nitrogen and oxygen atoms in total. The van der Waals surface area contributed by atoms with Crippen molar-refractivity contribution < 1.29 is 31.9 Å². The van der Waals surface area contributed by atoms with Gasteiger partial charge >= 0.3 is 6.18 Å². The Labute approximate surface area is 99.0 Å². The van der Waals surface area contributed by atoms with Crippen LogP contribution >= 0.6 is 0 Å². The number of Topliss-reactive ketones (excluding diaryl/α,β-unsaturated/α-hetero) is 1. The molecule has 0 aliphatic rings. The van der Waals surface area contributed by atoms with Crippen molar-refractivity contribution in [2.45, 2.75) is 25.2 Å². The predicted octanol–water partition coefficient (Wildman–Crippen LogP) is 2.93. The van der Waals surface area contributed by atoms with Gasteiger partial charge in [-0.05, 0) is 18.1 Å². The summed E-state index contributed by atoms with van der Waals surface area (Å²) in [5.41, 5.74) is -0.0597. The van der Waals surface area contributed by atoms with E-state index in [0.717, 1.165) is 18.2 Å². The van der Waals surface area contributed by atoms with E-state index in [9.17, 15) is 26.7 Å². The lowest BCUT2D eigenvalue weighted by atomic mass is 10.0. The Balaban J connectivity index is 2.63. The number of aryl methyl sites for hydroxylation is 1. The summed E-state index contributed by atoms with van der Waals surface area (Å²) < 4.78 is 61.3. The molecule has 0 fully saturated rings. The summed E-state index contributed by atoms with van der Waals surface area (Å²) in [6.07, 6.45) is -9.90. The minimum absolute atomic E-state index is 0.0597. The van der Waals surface area contributed by atoms with E-state index in [1.165, 1.54) is 0 Å². The number of benzene rings is 1. The Morgan fingerprint density at radius 3 is 2.44 bits per heavy atom. The average Bonchev–Trinajstić information content (AvgIpc) is 2.25. The molecule has 1 aromatic carbocycles. The molecule has 0 aliphatic carbocycles. The van der Waals surface area contributed by atoms with E-state index in [4.69, 9.17) is 5.11 Å². The predicted molar refractivity (Wildman–Crippen MR) is 52.3 cm³/mol. The first-order chi connectivity index (χ1) is 8.21. The number of alkyl halides is 4. The first kappa shape index (κ1) is 14.4. The fourth-order valence-electron chi connectivity index (χ4n) is 1.31. The van der Waals surface area contributed by atoms with Crippen LogP contribution in [-0.2, 0) is 11.2 Å². The molecule has 0 saturated heterocycles. The van der Waals surface area contributed by atoms with Crippen molar-refractivity contribution in [3.8, 4) is 5.75 Å². The van der Waals surface area contributed by atoms with Crippen molar-refractivity contribution in [2.24, 2.45) is 0 Å². The summed E-state index contributed by atoms with van der Waals surface area (Å²) in [5.74, 6) is -2.85. The van der Waals surface area contributed by atoms with Crippen LogP contribution in [0.3, 0.4) is 0 Å². The van der Waals surface area contributed by atoms with E-state index >= 15 is 0 Å². The van der Waals surface area contributed by atoms with E-state index in [2.05, 4.69) is 0 Å². The third-order valence-corrected chi connectivity index (χ3v) is 2.25. The highest BCUT2D eigenvalue weighted by Gasteiger charge is 2.44. The molecular weight excluding hydrogens is 259 g/mol. The van der Waals surface area contributed by atoms with Crippen LogP contribution in [0.15, 0.2) is 18.2 Å². The van der Waals surface area contributed by atoms with Gasteiger partial charge in [0.15, 0.2) is 5.78 Å². The van der Waals surface area contributed by atoms with Crippen LogP contribution in [0, 0.1) is 5.82 Å². The van der Waals surface area contributed by atoms with Crippen molar-refractivity contribution >= 4 is 5.78 Å². The van der Waals surface area contributed by atoms with Crippen LogP contribution in [0.25, 0.3) is 0 Å². The van der Waals surface area contributed by atoms with Crippen molar-refractivity contribution in [1.29, 1.82) is 0 Å². The molecule has 0 spiro atoms. The molecule has 18 heavy (non-hydrogen) atoms. The lowest BCUT2D eigenvalue weighted by molar-refractivity contribution is -0.185. The van der Waals surface area contributed by atoms with Crippen LogP contribution in [0.1, 0.15) is 12.0 Å². The summed E-state index contributed by atoms with van der Waals surface area (Å²) in [7, 11) is 0. The number of rotatable bonds is 4. The van der Waals surface area contributed by atoms with E-state index in [-0.39, 0.29) is 17.7 Å². The number of hydrogen-bond acceptors (Lipinski definition) is 2. The Kier molecular flexibility index (Phi) is 4.26. The van der Waals surface area contributed by atoms with Gasteiger partial charge in [0.25, 0.3) is 6.17 Å². The maximum atomic E-state index is 13.1. The highest BCUT2D eigenvalue weighted by atomic mass is 19.4. The zero-order valence-corrected chi connectivity index (χ0v) is 8.97. The summed E-state index contributed by atoms with van der Waals surface area (Å²) in [6, 6.07) is 3.01. The number of carbonyl (C=O) groups excluding carboxylic acids is 1. The molecule has 7 heteroatoms. The van der Waals surface area contributed by atoms with Gasteiger partial charge in [-0.25, -0.2) is 8.78 Å². The normalized spacial score (nSPS) is 13.4. The summed E-state index contributed by atoms with van der Waals surface area (Å²) in [5, 5.41) is 8.89. The molecule has 0 aromatic heterocycles. The summed E-state index contributed by atoms with van der Waals surface area (Å²) >= 11 is 0. The number of phenols is 1. The minimum atomic E-state index is -5.23. The van der Waals surface area contributed by atoms with Crippen LogP contribution in [0.2, 0.25) is 0 Å². The second-order valence-corrected chi connectivity index (χ2v) is 3.65. The van der Waals surface area contributed by atoms with E-state index in [0.29, 0.717) is 0 Å². The molecule has 1 atom stereocenters. The molecule has 100 valence electrons. The third kappa shape index (κ3) is 3.68. The highest BCUT2D eigenvalue weighted by Crippen LogP contribution is 2.25. The van der Waals surface area contributed by atoms with E-state index in [1.54, 1.807) is 0 Å². The standard InChI is InChI=1S/C11H9F5O2/c12-8-5-7(17)3-1-6(8)2-4-9(18)10(13)11(14,15)16/h1,3,5,10,17H,2,4H2. The maximum absolute atomic E-state index is 13.1. The summed E-state index contributed by atoms with van der Waals surface area (Å²) in [4.78, 5) is 10.9. The molecule has 1 rings (SSSR count). The van der Waals surface area contributed by atoms with Crippen LogP contribution in [0.4, 0.5) is 22.0 Å². The maximum Gasteiger partial charge on any atom is 0.426 e. The van der Waals surface area contributed by atoms with Crippen molar-refractivity contribution in [1.82, 2.24) is 0 Å². The molecule has 0 bridgehead atoms. The Morgan fingerprint density at radius 1 is 1.33 bits per heavy atom. The van der Waals surface area contributed by atoms with E-state index in [1.807, 2.05) is 0 Å².